The molecule has 5 aromatic heterocycles. The maximum absolute atomic E-state index is 13.7. The van der Waals surface area contributed by atoms with Gasteiger partial charge >= 0.3 is 0 Å². The highest BCUT2D eigenvalue weighted by molar-refractivity contribution is 7.17. The third-order valence-electron chi connectivity index (χ3n) is 7.47. The highest BCUT2D eigenvalue weighted by Gasteiger charge is 2.26. The van der Waals surface area contributed by atoms with Crippen LogP contribution in [-0.4, -0.2) is 51.4 Å². The van der Waals surface area contributed by atoms with Gasteiger partial charge in [0.1, 0.15) is 5.56 Å². The Labute approximate surface area is 283 Å². The molecule has 0 aliphatic carbocycles. The number of aryl methyl sites for hydroxylation is 2. The third-order valence-corrected chi connectivity index (χ3v) is 9.07. The van der Waals surface area contributed by atoms with Crippen molar-refractivity contribution in [3.63, 3.8) is 0 Å². The van der Waals surface area contributed by atoms with Gasteiger partial charge in [0, 0.05) is 48.1 Å². The van der Waals surface area contributed by atoms with Crippen molar-refractivity contribution in [2.45, 2.75) is 33.6 Å². The quantitative estimate of drug-likeness (QED) is 0.158. The van der Waals surface area contributed by atoms with E-state index in [2.05, 4.69) is 55.9 Å². The van der Waals surface area contributed by atoms with Crippen molar-refractivity contribution in [2.75, 3.05) is 24.9 Å². The van der Waals surface area contributed by atoms with Crippen LogP contribution in [0.5, 0.6) is 10.4 Å². The van der Waals surface area contributed by atoms with Gasteiger partial charge in [-0.2, -0.15) is 4.57 Å². The van der Waals surface area contributed by atoms with Crippen LogP contribution in [0.3, 0.4) is 0 Å². The fourth-order valence-electron chi connectivity index (χ4n) is 5.17. The lowest BCUT2D eigenvalue weighted by atomic mass is 9.89. The molecule has 244 valence electrons. The Hall–Kier alpha value is -5.54. The van der Waals surface area contributed by atoms with Gasteiger partial charge in [-0.25, -0.2) is 0 Å². The van der Waals surface area contributed by atoms with E-state index in [0.717, 1.165) is 62.0 Å². The molecule has 0 saturated heterocycles. The Bertz CT molecular complexity index is 2120. The lowest BCUT2D eigenvalue weighted by molar-refractivity contribution is -0.602. The molecule has 5 heterocycles. The summed E-state index contributed by atoms with van der Waals surface area (Å²) in [5.41, 5.74) is 7.36. The summed E-state index contributed by atoms with van der Waals surface area (Å²) in [6, 6.07) is 11.7. The summed E-state index contributed by atoms with van der Waals surface area (Å²) in [6.45, 7) is 8.05. The third kappa shape index (κ3) is 6.63. The summed E-state index contributed by atoms with van der Waals surface area (Å²) in [5.74, 6) is -0.646. The smallest absolute Gasteiger partial charge is 0.295 e. The Kier molecular flexibility index (Phi) is 9.23. The summed E-state index contributed by atoms with van der Waals surface area (Å²) in [4.78, 5) is 31.6. The number of carbonyl (C=O) groups excluding carboxylic acids is 2. The zero-order valence-corrected chi connectivity index (χ0v) is 28.5. The molecule has 2 N–H and O–H groups in total. The molecule has 0 spiro atoms. The Morgan fingerprint density at radius 1 is 0.833 bits per heavy atom. The number of anilines is 2. The minimum absolute atomic E-state index is 0.0815. The number of methoxy groups -OCH3 is 2. The molecule has 6 aromatic rings. The maximum Gasteiger partial charge on any atom is 0.295 e. The van der Waals surface area contributed by atoms with E-state index in [4.69, 9.17) is 13.9 Å². The number of benzene rings is 1. The van der Waals surface area contributed by atoms with E-state index in [9.17, 15) is 9.59 Å². The fraction of sp³-hybridized carbons (Fsp3) is 0.212. The summed E-state index contributed by atoms with van der Waals surface area (Å²) in [7, 11) is 2.98. The van der Waals surface area contributed by atoms with Gasteiger partial charge in [0.2, 0.25) is 16.0 Å². The Morgan fingerprint density at radius 2 is 1.50 bits per heavy atom. The van der Waals surface area contributed by atoms with Crippen molar-refractivity contribution in [1.29, 1.82) is 0 Å². The molecule has 0 unspecified atom stereocenters. The van der Waals surface area contributed by atoms with E-state index in [0.29, 0.717) is 37.3 Å². The SMILES string of the molecule is COc1nnc(NC(=O)c2c[n+](-c3ccc(-c4cc(C)ncc4C(=O)Nc4nnc(OC)s4)c(C(C)C)c3)c(C)cc2-c2ccoc2)s1. The first kappa shape index (κ1) is 32.4. The second-order valence-electron chi connectivity index (χ2n) is 11.0. The van der Waals surface area contributed by atoms with Gasteiger partial charge in [0.15, 0.2) is 11.9 Å². The molecule has 0 saturated carbocycles. The van der Waals surface area contributed by atoms with Crippen molar-refractivity contribution < 1.29 is 28.0 Å². The van der Waals surface area contributed by atoms with E-state index in [1.54, 1.807) is 24.9 Å². The van der Waals surface area contributed by atoms with Crippen LogP contribution in [0.2, 0.25) is 0 Å². The minimum atomic E-state index is -0.365. The standard InChI is InChI=1S/C33H30N8O5S2/c1-17(2)23-13-21(7-8-22(23)25-11-18(3)34-14-26(25)28(42)35-30-37-39-32(44-5)47-30)41-15-27(24(12-19(41)4)20-9-10-46-16-20)29(43)36-31-38-40-33(45-6)48-31/h7-17H,1-6H3,(H-,35,36,37,38,42,43)/p+1. The molecule has 0 aliphatic rings. The van der Waals surface area contributed by atoms with Crippen molar-refractivity contribution in [3.8, 4) is 38.3 Å². The zero-order valence-electron chi connectivity index (χ0n) is 26.9. The number of furan rings is 1. The summed E-state index contributed by atoms with van der Waals surface area (Å²) >= 11 is 2.26. The molecule has 2 amide bonds. The molecule has 1 aromatic carbocycles. The van der Waals surface area contributed by atoms with Crippen molar-refractivity contribution >= 4 is 44.8 Å². The Balaban J connectivity index is 1.42. The van der Waals surface area contributed by atoms with E-state index < -0.39 is 0 Å². The zero-order chi connectivity index (χ0) is 33.9. The van der Waals surface area contributed by atoms with Gasteiger partial charge < -0.3 is 13.9 Å². The van der Waals surface area contributed by atoms with Crippen molar-refractivity contribution in [2.24, 2.45) is 0 Å². The number of nitrogens with one attached hydrogen (secondary N) is 2. The predicted octanol–water partition coefficient (Wildman–Crippen LogP) is 6.25. The highest BCUT2D eigenvalue weighted by atomic mass is 32.1. The van der Waals surface area contributed by atoms with Gasteiger partial charge in [0.05, 0.1) is 32.3 Å². The monoisotopic (exact) mass is 683 g/mol. The number of hydrogen-bond acceptors (Lipinski definition) is 12. The van der Waals surface area contributed by atoms with E-state index >= 15 is 0 Å². The van der Waals surface area contributed by atoms with Crippen LogP contribution >= 0.6 is 22.7 Å². The number of ether oxygens (including phenoxy) is 2. The van der Waals surface area contributed by atoms with Gasteiger partial charge in [-0.3, -0.25) is 25.2 Å². The first-order valence-electron chi connectivity index (χ1n) is 14.7. The molecule has 0 bridgehead atoms. The summed E-state index contributed by atoms with van der Waals surface area (Å²) in [6.07, 6.45) is 6.54. The van der Waals surface area contributed by atoms with Crippen LogP contribution in [0.25, 0.3) is 27.9 Å². The van der Waals surface area contributed by atoms with E-state index in [1.807, 2.05) is 48.7 Å². The number of carbonyl (C=O) groups is 2. The fourth-order valence-corrected chi connectivity index (χ4v) is 6.28. The molecule has 13 nitrogen and oxygen atoms in total. The maximum atomic E-state index is 13.7. The van der Waals surface area contributed by atoms with Crippen LogP contribution in [0.15, 0.2) is 65.7 Å². The number of amides is 2. The van der Waals surface area contributed by atoms with Gasteiger partial charge in [-0.15, -0.1) is 10.2 Å². The summed E-state index contributed by atoms with van der Waals surface area (Å²) in [5, 5.41) is 22.8. The second kappa shape index (κ2) is 13.7. The van der Waals surface area contributed by atoms with Crippen LogP contribution in [-0.2, 0) is 0 Å². The van der Waals surface area contributed by atoms with Gasteiger partial charge in [-0.1, -0.05) is 24.0 Å². The number of pyridine rings is 2. The van der Waals surface area contributed by atoms with Crippen molar-refractivity contribution in [3.05, 3.63) is 89.4 Å². The van der Waals surface area contributed by atoms with Gasteiger partial charge in [0.25, 0.3) is 22.2 Å². The van der Waals surface area contributed by atoms with Crippen molar-refractivity contribution in [1.82, 2.24) is 25.4 Å². The Morgan fingerprint density at radius 3 is 2.08 bits per heavy atom. The molecule has 0 fully saturated rings. The molecular formula is C33H31N8O5S2+. The first-order valence-corrected chi connectivity index (χ1v) is 16.4. The minimum Gasteiger partial charge on any atom is -0.472 e. The molecule has 6 rings (SSSR count). The van der Waals surface area contributed by atoms with Crippen LogP contribution in [0.4, 0.5) is 10.3 Å². The van der Waals surface area contributed by atoms with Gasteiger partial charge in [-0.05, 0) is 70.4 Å². The highest BCUT2D eigenvalue weighted by Crippen LogP contribution is 2.34. The predicted molar refractivity (Wildman–Crippen MR) is 181 cm³/mol. The molecule has 0 atom stereocenters. The largest absolute Gasteiger partial charge is 0.472 e. The number of rotatable bonds is 10. The average molecular weight is 684 g/mol. The first-order chi connectivity index (χ1) is 23.1. The number of aromatic nitrogens is 6. The van der Waals surface area contributed by atoms with E-state index in [-0.39, 0.29) is 17.7 Å². The topological polar surface area (TPSA) is 158 Å². The van der Waals surface area contributed by atoms with Crippen LogP contribution in [0, 0.1) is 13.8 Å². The number of hydrogen-bond donors (Lipinski definition) is 2. The molecular weight excluding hydrogens is 653 g/mol. The molecule has 15 heteroatoms. The molecule has 0 aliphatic heterocycles. The normalized spacial score (nSPS) is 11.1. The van der Waals surface area contributed by atoms with Crippen LogP contribution in [0.1, 0.15) is 57.4 Å². The lowest BCUT2D eigenvalue weighted by Gasteiger charge is -2.17. The molecule has 48 heavy (non-hydrogen) atoms. The molecule has 0 radical (unpaired) electrons. The van der Waals surface area contributed by atoms with E-state index in [1.165, 1.54) is 14.2 Å². The van der Waals surface area contributed by atoms with Crippen LogP contribution < -0.4 is 24.7 Å². The second-order valence-corrected chi connectivity index (χ2v) is 12.9. The average Bonchev–Trinajstić information content (AvgIpc) is 3.87. The summed E-state index contributed by atoms with van der Waals surface area (Å²) < 4.78 is 17.5. The lowest BCUT2D eigenvalue weighted by Crippen LogP contribution is -2.36. The number of nitrogens with zero attached hydrogens (tertiary/aromatic N) is 6.